The van der Waals surface area contributed by atoms with E-state index < -0.39 is 6.29 Å². The number of aromatic nitrogens is 4. The van der Waals surface area contributed by atoms with Crippen molar-refractivity contribution in [2.24, 2.45) is 5.92 Å². The third-order valence-corrected chi connectivity index (χ3v) is 7.11. The fourth-order valence-electron chi connectivity index (χ4n) is 4.91. The number of anilines is 2. The van der Waals surface area contributed by atoms with E-state index >= 15 is 0 Å². The van der Waals surface area contributed by atoms with Gasteiger partial charge in [-0.25, -0.2) is 19.3 Å². The standard InChI is InChI=1S/C30H31FN6O5/c1-39-23-4-2-3-22(15-23)33-30-32-10-9-24(34-30)28-27(19-5-7-21(31)8-6-19)35-25(36-28)16-26-41-17-20(18-42-26)29(38)37-11-13-40-14-12-37/h2-10,15,20,26H,11-14,16-18H2,1H3,(H,35,36)(H,32,33,34). The Morgan fingerprint density at radius 1 is 1.10 bits per heavy atom. The predicted octanol–water partition coefficient (Wildman–Crippen LogP) is 3.82. The van der Waals surface area contributed by atoms with E-state index in [2.05, 4.69) is 15.3 Å². The summed E-state index contributed by atoms with van der Waals surface area (Å²) in [6.45, 7) is 2.80. The number of aromatic amines is 1. The number of ether oxygens (including phenoxy) is 4. The lowest BCUT2D eigenvalue weighted by atomic mass is 10.1. The summed E-state index contributed by atoms with van der Waals surface area (Å²) >= 11 is 0. The number of hydrogen-bond acceptors (Lipinski definition) is 9. The van der Waals surface area contributed by atoms with Crippen molar-refractivity contribution in [2.75, 3.05) is 51.9 Å². The summed E-state index contributed by atoms with van der Waals surface area (Å²) in [7, 11) is 1.61. The molecule has 11 nitrogen and oxygen atoms in total. The number of nitrogens with zero attached hydrogens (tertiary/aromatic N) is 4. The average Bonchev–Trinajstić information content (AvgIpc) is 3.46. The molecule has 2 aliphatic rings. The Labute approximate surface area is 242 Å². The monoisotopic (exact) mass is 574 g/mol. The number of H-pyrrole nitrogens is 1. The number of imidazole rings is 1. The number of methoxy groups -OCH3 is 1. The van der Waals surface area contributed by atoms with Crippen LogP contribution in [0.2, 0.25) is 0 Å². The van der Waals surface area contributed by atoms with E-state index in [0.29, 0.717) is 67.3 Å². The number of hydrogen-bond donors (Lipinski definition) is 2. The second kappa shape index (κ2) is 12.6. The molecular formula is C30H31FN6O5. The van der Waals surface area contributed by atoms with Crippen molar-refractivity contribution >= 4 is 17.5 Å². The van der Waals surface area contributed by atoms with E-state index in [1.165, 1.54) is 12.1 Å². The van der Waals surface area contributed by atoms with Gasteiger partial charge in [-0.1, -0.05) is 6.07 Å². The van der Waals surface area contributed by atoms with Crippen molar-refractivity contribution in [3.63, 3.8) is 0 Å². The van der Waals surface area contributed by atoms with Crippen molar-refractivity contribution < 1.29 is 28.1 Å². The van der Waals surface area contributed by atoms with Crippen LogP contribution in [0.3, 0.4) is 0 Å². The first-order valence-electron chi connectivity index (χ1n) is 13.7. The minimum atomic E-state index is -0.575. The average molecular weight is 575 g/mol. The predicted molar refractivity (Wildman–Crippen MR) is 152 cm³/mol. The first kappa shape index (κ1) is 27.8. The van der Waals surface area contributed by atoms with E-state index in [-0.39, 0.29) is 30.9 Å². The van der Waals surface area contributed by atoms with Gasteiger partial charge >= 0.3 is 0 Å². The summed E-state index contributed by atoms with van der Waals surface area (Å²) in [5.74, 6) is 1.03. The van der Waals surface area contributed by atoms with Crippen molar-refractivity contribution in [3.05, 3.63) is 72.4 Å². The number of halogens is 1. The van der Waals surface area contributed by atoms with E-state index in [1.54, 1.807) is 36.4 Å². The van der Waals surface area contributed by atoms with Crippen molar-refractivity contribution in [3.8, 4) is 28.4 Å². The quantitative estimate of drug-likeness (QED) is 0.323. The number of rotatable bonds is 8. The maximum Gasteiger partial charge on any atom is 0.230 e. The Morgan fingerprint density at radius 3 is 2.64 bits per heavy atom. The Kier molecular flexibility index (Phi) is 8.35. The zero-order valence-electron chi connectivity index (χ0n) is 23.1. The minimum Gasteiger partial charge on any atom is -0.497 e. The van der Waals surface area contributed by atoms with Gasteiger partial charge in [-0.2, -0.15) is 0 Å². The molecule has 1 amide bonds. The molecule has 12 heteroatoms. The highest BCUT2D eigenvalue weighted by molar-refractivity contribution is 5.79. The molecule has 218 valence electrons. The molecule has 0 atom stereocenters. The molecular weight excluding hydrogens is 543 g/mol. The maximum absolute atomic E-state index is 13.7. The Morgan fingerprint density at radius 2 is 1.88 bits per heavy atom. The van der Waals surface area contributed by atoms with E-state index in [0.717, 1.165) is 11.3 Å². The zero-order valence-corrected chi connectivity index (χ0v) is 23.1. The normalized spacial score (nSPS) is 19.0. The van der Waals surface area contributed by atoms with Crippen LogP contribution in [0, 0.1) is 11.7 Å². The van der Waals surface area contributed by atoms with Gasteiger partial charge in [-0.3, -0.25) is 4.79 Å². The third kappa shape index (κ3) is 6.40. The molecule has 2 saturated heterocycles. The number of nitrogens with one attached hydrogen (secondary N) is 2. The summed E-state index contributed by atoms with van der Waals surface area (Å²) < 4.78 is 36.2. The molecule has 2 fully saturated rings. The van der Waals surface area contributed by atoms with Crippen LogP contribution in [0.25, 0.3) is 22.6 Å². The molecule has 42 heavy (non-hydrogen) atoms. The number of amides is 1. The lowest BCUT2D eigenvalue weighted by Crippen LogP contribution is -2.48. The van der Waals surface area contributed by atoms with Gasteiger partial charge in [0.25, 0.3) is 0 Å². The molecule has 0 unspecified atom stereocenters. The lowest BCUT2D eigenvalue weighted by molar-refractivity contribution is -0.205. The maximum atomic E-state index is 13.7. The van der Waals surface area contributed by atoms with Crippen LogP contribution in [0.5, 0.6) is 5.75 Å². The molecule has 4 heterocycles. The number of benzene rings is 2. The van der Waals surface area contributed by atoms with Crippen LogP contribution in [-0.4, -0.2) is 83.7 Å². The fourth-order valence-corrected chi connectivity index (χ4v) is 4.91. The fraction of sp³-hybridized carbons (Fsp3) is 0.333. The Bertz CT molecular complexity index is 1520. The first-order valence-corrected chi connectivity index (χ1v) is 13.7. The first-order chi connectivity index (χ1) is 20.6. The van der Waals surface area contributed by atoms with Crippen LogP contribution >= 0.6 is 0 Å². The van der Waals surface area contributed by atoms with E-state index in [4.69, 9.17) is 28.9 Å². The Hall–Kier alpha value is -4.39. The van der Waals surface area contributed by atoms with Crippen molar-refractivity contribution in [1.29, 1.82) is 0 Å². The van der Waals surface area contributed by atoms with Gasteiger partial charge in [-0.15, -0.1) is 0 Å². The molecule has 0 saturated carbocycles. The second-order valence-corrected chi connectivity index (χ2v) is 9.97. The van der Waals surface area contributed by atoms with Crippen LogP contribution < -0.4 is 10.1 Å². The number of morpholine rings is 1. The highest BCUT2D eigenvalue weighted by Crippen LogP contribution is 2.31. The molecule has 2 N–H and O–H groups in total. The molecule has 2 aromatic carbocycles. The lowest BCUT2D eigenvalue weighted by Gasteiger charge is -2.33. The van der Waals surface area contributed by atoms with Crippen LogP contribution in [0.1, 0.15) is 5.82 Å². The SMILES string of the molecule is COc1cccc(Nc2nccc(-c3[nH]c(CC4OCC(C(=O)N5CCOCC5)CO4)nc3-c3ccc(F)cc3)n2)c1. The minimum absolute atomic E-state index is 0.0257. The van der Waals surface area contributed by atoms with Gasteiger partial charge in [0, 0.05) is 36.6 Å². The molecule has 0 aliphatic carbocycles. The second-order valence-electron chi connectivity index (χ2n) is 9.97. The zero-order chi connectivity index (χ0) is 28.9. The van der Waals surface area contributed by atoms with Crippen molar-refractivity contribution in [1.82, 2.24) is 24.8 Å². The number of carbonyl (C=O) groups excluding carboxylic acids is 1. The molecule has 0 radical (unpaired) electrons. The molecule has 2 aliphatic heterocycles. The van der Waals surface area contributed by atoms with E-state index in [9.17, 15) is 9.18 Å². The smallest absolute Gasteiger partial charge is 0.230 e. The van der Waals surface area contributed by atoms with Gasteiger partial charge in [0.2, 0.25) is 11.9 Å². The molecule has 2 aromatic heterocycles. The van der Waals surface area contributed by atoms with Gasteiger partial charge in [0.15, 0.2) is 6.29 Å². The molecule has 4 aromatic rings. The largest absolute Gasteiger partial charge is 0.497 e. The highest BCUT2D eigenvalue weighted by atomic mass is 19.1. The van der Waals surface area contributed by atoms with Crippen molar-refractivity contribution in [2.45, 2.75) is 12.7 Å². The summed E-state index contributed by atoms with van der Waals surface area (Å²) in [4.78, 5) is 31.9. The van der Waals surface area contributed by atoms with E-state index in [1.807, 2.05) is 24.3 Å². The molecule has 6 rings (SSSR count). The van der Waals surface area contributed by atoms with Gasteiger partial charge in [0.1, 0.15) is 17.4 Å². The summed E-state index contributed by atoms with van der Waals surface area (Å²) in [6.07, 6.45) is 1.40. The highest BCUT2D eigenvalue weighted by Gasteiger charge is 2.32. The van der Waals surface area contributed by atoms with Gasteiger partial charge < -0.3 is 34.1 Å². The molecule has 0 bridgehead atoms. The topological polar surface area (TPSA) is 124 Å². The Balaban J connectivity index is 1.21. The van der Waals surface area contributed by atoms with Gasteiger partial charge in [0.05, 0.1) is 63.0 Å². The van der Waals surface area contributed by atoms with Crippen LogP contribution in [-0.2, 0) is 25.4 Å². The summed E-state index contributed by atoms with van der Waals surface area (Å²) in [5, 5.41) is 3.20. The summed E-state index contributed by atoms with van der Waals surface area (Å²) in [5.41, 5.74) is 3.33. The summed E-state index contributed by atoms with van der Waals surface area (Å²) in [6, 6.07) is 15.4. The van der Waals surface area contributed by atoms with Gasteiger partial charge in [-0.05, 0) is 42.5 Å². The molecule has 0 spiro atoms. The number of carbonyl (C=O) groups is 1. The van der Waals surface area contributed by atoms with Crippen LogP contribution in [0.15, 0.2) is 60.8 Å². The third-order valence-electron chi connectivity index (χ3n) is 7.11. The van der Waals surface area contributed by atoms with Crippen LogP contribution in [0.4, 0.5) is 16.0 Å².